The number of ether oxygens (including phenoxy) is 1. The van der Waals surface area contributed by atoms with Gasteiger partial charge in [0.2, 0.25) is 5.91 Å². The smallest absolute Gasteiger partial charge is 0.223 e. The topological polar surface area (TPSA) is 47.4 Å². The number of carbonyl (C=O) groups is 1. The number of likely N-dealkylation sites (tertiary alicyclic amines) is 1. The Morgan fingerprint density at radius 1 is 0.889 bits per heavy atom. The molecule has 0 radical (unpaired) electrons. The van der Waals surface area contributed by atoms with Crippen LogP contribution in [0, 0.1) is 0 Å². The lowest BCUT2D eigenvalue weighted by molar-refractivity contribution is -0.128. The van der Waals surface area contributed by atoms with Gasteiger partial charge in [0.15, 0.2) is 0 Å². The van der Waals surface area contributed by atoms with Gasteiger partial charge in [0.05, 0.1) is 18.1 Å². The summed E-state index contributed by atoms with van der Waals surface area (Å²) in [5.74, 6) is 2.28. The van der Waals surface area contributed by atoms with Crippen LogP contribution in [0.4, 0.5) is 0 Å². The van der Waals surface area contributed by atoms with E-state index < -0.39 is 0 Å². The molecule has 2 heterocycles. The van der Waals surface area contributed by atoms with Crippen molar-refractivity contribution in [1.82, 2.24) is 14.5 Å². The van der Waals surface area contributed by atoms with E-state index in [2.05, 4.69) is 35.8 Å². The molecule has 1 unspecified atom stereocenters. The Kier molecular flexibility index (Phi) is 9.83. The van der Waals surface area contributed by atoms with Crippen molar-refractivity contribution >= 4 is 16.9 Å². The highest BCUT2D eigenvalue weighted by molar-refractivity contribution is 5.81. The zero-order valence-corrected chi connectivity index (χ0v) is 22.3. The summed E-state index contributed by atoms with van der Waals surface area (Å²) in [5, 5.41) is 0. The molecule has 1 aliphatic rings. The van der Waals surface area contributed by atoms with E-state index in [1.807, 2.05) is 29.2 Å². The van der Waals surface area contributed by atoms with E-state index in [1.54, 1.807) is 7.11 Å². The number of hydrogen-bond acceptors (Lipinski definition) is 3. The number of hydrogen-bond donors (Lipinski definition) is 0. The van der Waals surface area contributed by atoms with Gasteiger partial charge < -0.3 is 14.2 Å². The number of nitrogens with zero attached hydrogens (tertiary/aromatic N) is 3. The van der Waals surface area contributed by atoms with Crippen molar-refractivity contribution in [1.29, 1.82) is 0 Å². The molecule has 5 heteroatoms. The maximum Gasteiger partial charge on any atom is 0.223 e. The Morgan fingerprint density at radius 2 is 1.56 bits per heavy atom. The molecule has 1 aromatic heterocycles. The van der Waals surface area contributed by atoms with Crippen molar-refractivity contribution in [2.75, 3.05) is 13.7 Å². The van der Waals surface area contributed by atoms with Gasteiger partial charge in [-0.3, -0.25) is 4.79 Å². The highest BCUT2D eigenvalue weighted by Crippen LogP contribution is 2.32. The number of imidazole rings is 1. The number of methoxy groups -OCH3 is 1. The molecule has 3 aromatic rings. The molecule has 1 fully saturated rings. The number of amides is 1. The summed E-state index contributed by atoms with van der Waals surface area (Å²) >= 11 is 0. The summed E-state index contributed by atoms with van der Waals surface area (Å²) in [4.78, 5) is 19.9. The van der Waals surface area contributed by atoms with Crippen molar-refractivity contribution < 1.29 is 9.53 Å². The highest BCUT2D eigenvalue weighted by Gasteiger charge is 2.33. The summed E-state index contributed by atoms with van der Waals surface area (Å²) in [6.07, 6.45) is 13.9. The van der Waals surface area contributed by atoms with Gasteiger partial charge in [-0.05, 0) is 36.2 Å². The summed E-state index contributed by atoms with van der Waals surface area (Å²) in [6, 6.07) is 16.4. The molecule has 2 aromatic carbocycles. The third-order valence-corrected chi connectivity index (χ3v) is 7.53. The minimum absolute atomic E-state index is 0.145. The third kappa shape index (κ3) is 6.89. The number of para-hydroxylation sites is 2. The lowest BCUT2D eigenvalue weighted by atomic mass is 10.1. The molecule has 1 amide bonds. The second kappa shape index (κ2) is 13.5. The Balaban J connectivity index is 1.33. The van der Waals surface area contributed by atoms with Gasteiger partial charge >= 0.3 is 0 Å². The molecule has 36 heavy (non-hydrogen) atoms. The van der Waals surface area contributed by atoms with Gasteiger partial charge in [0.25, 0.3) is 0 Å². The number of benzene rings is 2. The first-order valence-corrected chi connectivity index (χ1v) is 14.1. The van der Waals surface area contributed by atoms with Crippen molar-refractivity contribution in [2.45, 2.75) is 96.6 Å². The molecule has 4 rings (SSSR count). The van der Waals surface area contributed by atoms with Crippen molar-refractivity contribution in [2.24, 2.45) is 0 Å². The van der Waals surface area contributed by atoms with Crippen LogP contribution in [0.2, 0.25) is 0 Å². The maximum atomic E-state index is 12.9. The van der Waals surface area contributed by atoms with E-state index >= 15 is 0 Å². The first-order valence-electron chi connectivity index (χ1n) is 14.1. The number of aryl methyl sites for hydroxylation is 1. The van der Waals surface area contributed by atoms with Crippen LogP contribution in [0.1, 0.15) is 94.9 Å². The molecule has 1 aliphatic heterocycles. The zero-order chi connectivity index (χ0) is 25.2. The molecule has 0 bridgehead atoms. The van der Waals surface area contributed by atoms with Crippen LogP contribution in [0.25, 0.3) is 11.0 Å². The lowest BCUT2D eigenvalue weighted by Crippen LogP contribution is -2.24. The van der Waals surface area contributed by atoms with Crippen LogP contribution >= 0.6 is 0 Å². The molecule has 0 saturated carbocycles. The number of aromatic nitrogens is 2. The van der Waals surface area contributed by atoms with Gasteiger partial charge in [-0.25, -0.2) is 4.98 Å². The second-order valence-electron chi connectivity index (χ2n) is 10.3. The number of rotatable bonds is 15. The summed E-state index contributed by atoms with van der Waals surface area (Å²) in [5.41, 5.74) is 3.37. The number of fused-ring (bicyclic) bond motifs is 1. The van der Waals surface area contributed by atoms with Crippen LogP contribution in [-0.2, 0) is 17.9 Å². The van der Waals surface area contributed by atoms with E-state index in [9.17, 15) is 4.79 Å². The third-order valence-electron chi connectivity index (χ3n) is 7.53. The normalized spacial score (nSPS) is 15.8. The SMILES string of the molecule is CCCCCCCCCCCCn1c(C2CC(=O)N(Cc3ccc(OC)cc3)C2)nc2ccccc21. The summed E-state index contributed by atoms with van der Waals surface area (Å²) < 4.78 is 7.66. The predicted molar refractivity (Wildman–Crippen MR) is 147 cm³/mol. The van der Waals surface area contributed by atoms with Gasteiger partial charge in [0.1, 0.15) is 11.6 Å². The van der Waals surface area contributed by atoms with Crippen LogP contribution in [0.5, 0.6) is 5.75 Å². The molecule has 1 atom stereocenters. The van der Waals surface area contributed by atoms with E-state index in [0.29, 0.717) is 13.0 Å². The summed E-state index contributed by atoms with van der Waals surface area (Å²) in [6.45, 7) is 4.62. The number of carbonyl (C=O) groups excluding carboxylic acids is 1. The fraction of sp³-hybridized carbons (Fsp3) is 0.548. The van der Waals surface area contributed by atoms with Crippen molar-refractivity contribution in [3.8, 4) is 5.75 Å². The van der Waals surface area contributed by atoms with Crippen LogP contribution in [0.15, 0.2) is 48.5 Å². The Bertz CT molecular complexity index is 1090. The molecule has 0 spiro atoms. The van der Waals surface area contributed by atoms with Crippen LogP contribution < -0.4 is 4.74 Å². The molecular formula is C31H43N3O2. The van der Waals surface area contributed by atoms with Crippen molar-refractivity contribution in [3.05, 3.63) is 59.9 Å². The van der Waals surface area contributed by atoms with Crippen LogP contribution in [-0.4, -0.2) is 34.0 Å². The molecule has 5 nitrogen and oxygen atoms in total. The monoisotopic (exact) mass is 489 g/mol. The average Bonchev–Trinajstić information content (AvgIpc) is 3.45. The minimum atomic E-state index is 0.145. The maximum absolute atomic E-state index is 12.9. The largest absolute Gasteiger partial charge is 0.497 e. The first-order chi connectivity index (χ1) is 17.7. The standard InChI is InChI=1S/C31H43N3O2/c1-3-4-5-6-7-8-9-10-11-14-21-34-29-16-13-12-15-28(29)32-31(34)26-22-30(35)33(24-26)23-25-17-19-27(36-2)20-18-25/h12-13,15-20,26H,3-11,14,21-24H2,1-2H3. The molecule has 0 aliphatic carbocycles. The lowest BCUT2D eigenvalue weighted by Gasteiger charge is -2.18. The molecule has 1 saturated heterocycles. The van der Waals surface area contributed by atoms with Gasteiger partial charge in [-0.1, -0.05) is 89.0 Å². The fourth-order valence-corrected chi connectivity index (χ4v) is 5.45. The van der Waals surface area contributed by atoms with E-state index in [-0.39, 0.29) is 11.8 Å². The number of unbranched alkanes of at least 4 members (excludes halogenated alkanes) is 9. The average molecular weight is 490 g/mol. The van der Waals surface area contributed by atoms with Gasteiger partial charge in [-0.15, -0.1) is 0 Å². The Morgan fingerprint density at radius 3 is 2.25 bits per heavy atom. The van der Waals surface area contributed by atoms with Gasteiger partial charge in [-0.2, -0.15) is 0 Å². The quantitative estimate of drug-likeness (QED) is 0.208. The Labute approximate surface area is 216 Å². The first kappa shape index (κ1) is 26.2. The van der Waals surface area contributed by atoms with E-state index in [0.717, 1.165) is 35.7 Å². The molecular weight excluding hydrogens is 446 g/mol. The molecule has 194 valence electrons. The Hall–Kier alpha value is -2.82. The van der Waals surface area contributed by atoms with E-state index in [1.165, 1.54) is 69.7 Å². The highest BCUT2D eigenvalue weighted by atomic mass is 16.5. The van der Waals surface area contributed by atoms with Gasteiger partial charge in [0, 0.05) is 32.0 Å². The summed E-state index contributed by atoms with van der Waals surface area (Å²) in [7, 11) is 1.67. The van der Waals surface area contributed by atoms with Crippen LogP contribution in [0.3, 0.4) is 0 Å². The van der Waals surface area contributed by atoms with Crippen molar-refractivity contribution in [3.63, 3.8) is 0 Å². The second-order valence-corrected chi connectivity index (χ2v) is 10.3. The molecule has 0 N–H and O–H groups in total. The minimum Gasteiger partial charge on any atom is -0.497 e. The zero-order valence-electron chi connectivity index (χ0n) is 22.3. The fourth-order valence-electron chi connectivity index (χ4n) is 5.45. The predicted octanol–water partition coefficient (Wildman–Crippen LogP) is 7.48. The van der Waals surface area contributed by atoms with E-state index in [4.69, 9.17) is 9.72 Å².